The van der Waals surface area contributed by atoms with Crippen molar-refractivity contribution in [2.75, 3.05) is 13.7 Å². The summed E-state index contributed by atoms with van der Waals surface area (Å²) in [5.41, 5.74) is 2.44. The van der Waals surface area contributed by atoms with Crippen LogP contribution in [-0.2, 0) is 6.54 Å². The minimum Gasteiger partial charge on any atom is -0.493 e. The van der Waals surface area contributed by atoms with E-state index in [0.717, 1.165) is 21.6 Å². The number of ether oxygens (including phenoxy) is 2. The maximum absolute atomic E-state index is 5.69. The molecule has 2 rings (SSSR count). The number of hydrogen-bond acceptors (Lipinski definition) is 3. The van der Waals surface area contributed by atoms with Gasteiger partial charge in [-0.15, -0.1) is 0 Å². The van der Waals surface area contributed by atoms with Crippen LogP contribution in [0.3, 0.4) is 0 Å². The van der Waals surface area contributed by atoms with Gasteiger partial charge in [0, 0.05) is 12.6 Å². The second-order valence-electron chi connectivity index (χ2n) is 5.22. The predicted octanol–water partition coefficient (Wildman–Crippen LogP) is 4.72. The summed E-state index contributed by atoms with van der Waals surface area (Å²) in [4.78, 5) is 0. The van der Waals surface area contributed by atoms with Gasteiger partial charge in [0.2, 0.25) is 0 Å². The van der Waals surface area contributed by atoms with E-state index >= 15 is 0 Å². The Labute approximate surface area is 151 Å². The van der Waals surface area contributed by atoms with Crippen LogP contribution >= 0.6 is 22.6 Å². The van der Waals surface area contributed by atoms with E-state index in [1.165, 1.54) is 11.1 Å². The molecule has 23 heavy (non-hydrogen) atoms. The van der Waals surface area contributed by atoms with E-state index in [0.29, 0.717) is 6.61 Å². The molecule has 0 saturated heterocycles. The number of hydrogen-bond donors (Lipinski definition) is 1. The largest absolute Gasteiger partial charge is 0.493 e. The highest BCUT2D eigenvalue weighted by molar-refractivity contribution is 14.1. The first-order valence-corrected chi connectivity index (χ1v) is 8.62. The summed E-state index contributed by atoms with van der Waals surface area (Å²) < 4.78 is 12.2. The lowest BCUT2D eigenvalue weighted by Crippen LogP contribution is -2.18. The van der Waals surface area contributed by atoms with Crippen LogP contribution in [0.25, 0.3) is 0 Å². The molecule has 3 nitrogen and oxygen atoms in total. The third-order valence-electron chi connectivity index (χ3n) is 3.55. The van der Waals surface area contributed by atoms with Crippen LogP contribution in [0, 0.1) is 3.57 Å². The molecule has 0 saturated carbocycles. The normalized spacial score (nSPS) is 11.8. The SMILES string of the molecule is C=CCOc1c(I)cc(CN[C@@H](C)c2ccccc2)cc1OC. The molecular formula is C19H22INO2. The van der Waals surface area contributed by atoms with E-state index in [4.69, 9.17) is 9.47 Å². The molecule has 0 amide bonds. The number of benzene rings is 2. The van der Waals surface area contributed by atoms with Gasteiger partial charge in [-0.25, -0.2) is 0 Å². The Morgan fingerprint density at radius 3 is 2.65 bits per heavy atom. The van der Waals surface area contributed by atoms with Crippen molar-refractivity contribution in [2.24, 2.45) is 0 Å². The number of halogens is 1. The molecule has 0 aromatic heterocycles. The molecule has 0 spiro atoms. The first-order valence-electron chi connectivity index (χ1n) is 7.54. The topological polar surface area (TPSA) is 30.5 Å². The average molecular weight is 423 g/mol. The molecule has 0 aliphatic heterocycles. The standard InChI is InChI=1S/C19H22INO2/c1-4-10-23-19-17(20)11-15(12-18(19)22-3)13-21-14(2)16-8-6-5-7-9-16/h4-9,11-12,14,21H,1,10,13H2,2-3H3/t14-/m0/s1. The van der Waals surface area contributed by atoms with Gasteiger partial charge >= 0.3 is 0 Å². The summed E-state index contributed by atoms with van der Waals surface area (Å²) >= 11 is 2.28. The van der Waals surface area contributed by atoms with Gasteiger partial charge in [0.1, 0.15) is 6.61 Å². The highest BCUT2D eigenvalue weighted by Crippen LogP contribution is 2.34. The first-order chi connectivity index (χ1) is 11.2. The molecular weight excluding hydrogens is 401 g/mol. The van der Waals surface area contributed by atoms with Crippen molar-refractivity contribution in [3.8, 4) is 11.5 Å². The Hall–Kier alpha value is -1.53. The fraction of sp³-hybridized carbons (Fsp3) is 0.263. The Morgan fingerprint density at radius 2 is 2.00 bits per heavy atom. The minimum atomic E-state index is 0.288. The molecule has 0 bridgehead atoms. The zero-order valence-corrected chi connectivity index (χ0v) is 15.7. The summed E-state index contributed by atoms with van der Waals surface area (Å²) in [6.07, 6.45) is 1.73. The zero-order valence-electron chi connectivity index (χ0n) is 13.5. The van der Waals surface area contributed by atoms with Gasteiger partial charge in [-0.2, -0.15) is 0 Å². The average Bonchev–Trinajstić information content (AvgIpc) is 2.59. The summed E-state index contributed by atoms with van der Waals surface area (Å²) in [5, 5.41) is 3.54. The van der Waals surface area contributed by atoms with Crippen LogP contribution < -0.4 is 14.8 Å². The molecule has 0 aliphatic rings. The number of nitrogens with one attached hydrogen (secondary N) is 1. The van der Waals surface area contributed by atoms with Crippen LogP contribution in [0.2, 0.25) is 0 Å². The van der Waals surface area contributed by atoms with Crippen LogP contribution in [0.4, 0.5) is 0 Å². The number of methoxy groups -OCH3 is 1. The smallest absolute Gasteiger partial charge is 0.174 e. The minimum absolute atomic E-state index is 0.288. The molecule has 2 aromatic rings. The van der Waals surface area contributed by atoms with Crippen molar-refractivity contribution in [2.45, 2.75) is 19.5 Å². The van der Waals surface area contributed by atoms with E-state index in [1.54, 1.807) is 13.2 Å². The van der Waals surface area contributed by atoms with Crippen molar-refractivity contribution in [1.29, 1.82) is 0 Å². The second-order valence-corrected chi connectivity index (χ2v) is 6.38. The van der Waals surface area contributed by atoms with Gasteiger partial charge in [0.25, 0.3) is 0 Å². The molecule has 0 fully saturated rings. The Bertz CT molecular complexity index is 643. The van der Waals surface area contributed by atoms with Gasteiger partial charge in [0.15, 0.2) is 11.5 Å². The van der Waals surface area contributed by atoms with Gasteiger partial charge < -0.3 is 14.8 Å². The highest BCUT2D eigenvalue weighted by Gasteiger charge is 2.12. The first kappa shape index (κ1) is 17.8. The van der Waals surface area contributed by atoms with Gasteiger partial charge in [-0.3, -0.25) is 0 Å². The monoisotopic (exact) mass is 423 g/mol. The van der Waals surface area contributed by atoms with Gasteiger partial charge in [-0.05, 0) is 52.8 Å². The third kappa shape index (κ3) is 4.97. The third-order valence-corrected chi connectivity index (χ3v) is 4.35. The van der Waals surface area contributed by atoms with Crippen molar-refractivity contribution >= 4 is 22.6 Å². The van der Waals surface area contributed by atoms with Crippen molar-refractivity contribution in [3.05, 3.63) is 69.8 Å². The molecule has 4 heteroatoms. The lowest BCUT2D eigenvalue weighted by molar-refractivity contribution is 0.324. The molecule has 122 valence electrons. The molecule has 1 N–H and O–H groups in total. The Morgan fingerprint density at radius 1 is 1.26 bits per heavy atom. The molecule has 0 aliphatic carbocycles. The molecule has 0 heterocycles. The van der Waals surface area contributed by atoms with Gasteiger partial charge in [0.05, 0.1) is 10.7 Å². The summed E-state index contributed by atoms with van der Waals surface area (Å²) in [6.45, 7) is 7.08. The fourth-order valence-corrected chi connectivity index (χ4v) is 3.11. The second kappa shape index (κ2) is 8.93. The van der Waals surface area contributed by atoms with E-state index < -0.39 is 0 Å². The van der Waals surface area contributed by atoms with Crippen molar-refractivity contribution in [1.82, 2.24) is 5.32 Å². The summed E-state index contributed by atoms with van der Waals surface area (Å²) in [5.74, 6) is 1.52. The van der Waals surface area contributed by atoms with Crippen molar-refractivity contribution < 1.29 is 9.47 Å². The lowest BCUT2D eigenvalue weighted by Gasteiger charge is -2.17. The lowest BCUT2D eigenvalue weighted by atomic mass is 10.1. The maximum atomic E-state index is 5.69. The van der Waals surface area contributed by atoms with Crippen molar-refractivity contribution in [3.63, 3.8) is 0 Å². The van der Waals surface area contributed by atoms with Crippen LogP contribution in [-0.4, -0.2) is 13.7 Å². The highest BCUT2D eigenvalue weighted by atomic mass is 127. The molecule has 0 unspecified atom stereocenters. The van der Waals surface area contributed by atoms with E-state index in [2.05, 4.69) is 71.7 Å². The van der Waals surface area contributed by atoms with E-state index in [1.807, 2.05) is 12.1 Å². The van der Waals surface area contributed by atoms with E-state index in [-0.39, 0.29) is 6.04 Å². The Kier molecular flexibility index (Phi) is 6.92. The van der Waals surface area contributed by atoms with Crippen LogP contribution in [0.5, 0.6) is 11.5 Å². The fourth-order valence-electron chi connectivity index (χ4n) is 2.29. The molecule has 1 atom stereocenters. The zero-order chi connectivity index (χ0) is 16.7. The quantitative estimate of drug-likeness (QED) is 0.493. The molecule has 2 aromatic carbocycles. The molecule has 0 radical (unpaired) electrons. The maximum Gasteiger partial charge on any atom is 0.174 e. The Balaban J connectivity index is 2.08. The van der Waals surface area contributed by atoms with E-state index in [9.17, 15) is 0 Å². The summed E-state index contributed by atoms with van der Waals surface area (Å²) in [6, 6.07) is 14.8. The van der Waals surface area contributed by atoms with Gasteiger partial charge in [-0.1, -0.05) is 43.0 Å². The number of rotatable bonds is 8. The van der Waals surface area contributed by atoms with Crippen LogP contribution in [0.1, 0.15) is 24.1 Å². The summed E-state index contributed by atoms with van der Waals surface area (Å²) in [7, 11) is 1.66. The van der Waals surface area contributed by atoms with Crippen LogP contribution in [0.15, 0.2) is 55.1 Å². The predicted molar refractivity (Wildman–Crippen MR) is 103 cm³/mol.